The number of nitrogens with one attached hydrogen (secondary N) is 2. The maximum Gasteiger partial charge on any atom is 0.153 e. The standard InChI is InChI=1S/C40H26N4O2/c1-2-10-24-23(9-1)21-31(26-12-4-3-11-25(24)26)40-43-38(29-14-7-17-33-36(29)27-13-5-6-16-32(27)45-33)42-39(44-40)30-15-8-18-34-37(30)28-19-20-41-22-35(28)46-34/h1-22,38,40,43H,(H,42,44). The summed E-state index contributed by atoms with van der Waals surface area (Å²) < 4.78 is 12.5. The van der Waals surface area contributed by atoms with Crippen molar-refractivity contribution in [2.75, 3.05) is 0 Å². The van der Waals surface area contributed by atoms with Gasteiger partial charge in [0, 0.05) is 38.9 Å². The minimum atomic E-state index is -0.348. The third kappa shape index (κ3) is 3.74. The van der Waals surface area contributed by atoms with Crippen molar-refractivity contribution in [2.24, 2.45) is 4.99 Å². The molecule has 6 nitrogen and oxygen atoms in total. The second-order valence-corrected chi connectivity index (χ2v) is 11.8. The van der Waals surface area contributed by atoms with Gasteiger partial charge in [-0.1, -0.05) is 91.0 Å². The number of para-hydroxylation sites is 1. The predicted octanol–water partition coefficient (Wildman–Crippen LogP) is 9.52. The molecular weight excluding hydrogens is 568 g/mol. The number of amidine groups is 1. The molecule has 2 unspecified atom stereocenters. The summed E-state index contributed by atoms with van der Waals surface area (Å²) in [6, 6.07) is 42.1. The molecular formula is C40H26N4O2. The summed E-state index contributed by atoms with van der Waals surface area (Å²) in [5.41, 5.74) is 6.48. The van der Waals surface area contributed by atoms with Crippen LogP contribution in [0.2, 0.25) is 0 Å². The molecule has 0 amide bonds. The number of benzene rings is 6. The summed E-state index contributed by atoms with van der Waals surface area (Å²) in [6.45, 7) is 0. The molecule has 9 aromatic rings. The minimum absolute atomic E-state index is 0.275. The van der Waals surface area contributed by atoms with Crippen molar-refractivity contribution in [3.63, 3.8) is 0 Å². The van der Waals surface area contributed by atoms with E-state index in [0.717, 1.165) is 66.4 Å². The molecule has 2 atom stereocenters. The maximum atomic E-state index is 6.30. The number of nitrogens with zero attached hydrogens (tertiary/aromatic N) is 2. The fourth-order valence-corrected chi connectivity index (χ4v) is 7.24. The zero-order valence-electron chi connectivity index (χ0n) is 24.6. The van der Waals surface area contributed by atoms with Crippen LogP contribution in [0.4, 0.5) is 0 Å². The third-order valence-electron chi connectivity index (χ3n) is 9.26. The van der Waals surface area contributed by atoms with Crippen LogP contribution in [0.15, 0.2) is 148 Å². The SMILES string of the molecule is c1ccc2c(c1)cc(C1N=C(c3cccc4oc5cnccc5c34)NC(c3cccc4oc5ccccc5c34)N1)c1ccccc12. The molecule has 0 aliphatic carbocycles. The Bertz CT molecular complexity index is 2680. The van der Waals surface area contributed by atoms with Gasteiger partial charge in [-0.3, -0.25) is 10.3 Å². The van der Waals surface area contributed by atoms with Crippen LogP contribution in [0, 0.1) is 0 Å². The largest absolute Gasteiger partial charge is 0.456 e. The van der Waals surface area contributed by atoms with Crippen molar-refractivity contribution in [3.05, 3.63) is 150 Å². The zero-order chi connectivity index (χ0) is 30.2. The van der Waals surface area contributed by atoms with Crippen molar-refractivity contribution in [3.8, 4) is 0 Å². The van der Waals surface area contributed by atoms with Crippen LogP contribution in [0.25, 0.3) is 65.4 Å². The quantitative estimate of drug-likeness (QED) is 0.199. The average Bonchev–Trinajstić information content (AvgIpc) is 3.70. The summed E-state index contributed by atoms with van der Waals surface area (Å²) in [6.07, 6.45) is 2.96. The van der Waals surface area contributed by atoms with Crippen LogP contribution in [-0.2, 0) is 0 Å². The van der Waals surface area contributed by atoms with Crippen LogP contribution < -0.4 is 10.6 Å². The van der Waals surface area contributed by atoms with Crippen LogP contribution in [0.1, 0.15) is 29.0 Å². The maximum absolute atomic E-state index is 6.30. The Morgan fingerprint density at radius 1 is 0.543 bits per heavy atom. The molecule has 0 saturated heterocycles. The van der Waals surface area contributed by atoms with E-state index in [1.54, 1.807) is 6.20 Å². The van der Waals surface area contributed by atoms with Gasteiger partial charge in [-0.05, 0) is 57.4 Å². The first-order valence-corrected chi connectivity index (χ1v) is 15.5. The monoisotopic (exact) mass is 594 g/mol. The van der Waals surface area contributed by atoms with E-state index in [1.807, 2.05) is 42.6 Å². The molecule has 4 heterocycles. The van der Waals surface area contributed by atoms with E-state index in [2.05, 4.69) is 101 Å². The lowest BCUT2D eigenvalue weighted by Gasteiger charge is -2.33. The predicted molar refractivity (Wildman–Crippen MR) is 185 cm³/mol. The van der Waals surface area contributed by atoms with E-state index in [1.165, 1.54) is 21.5 Å². The van der Waals surface area contributed by atoms with E-state index in [0.29, 0.717) is 0 Å². The molecule has 10 rings (SSSR count). The first kappa shape index (κ1) is 25.4. The Kier molecular flexibility index (Phi) is 5.38. The average molecular weight is 595 g/mol. The highest BCUT2D eigenvalue weighted by atomic mass is 16.3. The number of aliphatic imine (C=N–C) groups is 1. The summed E-state index contributed by atoms with van der Waals surface area (Å²) >= 11 is 0. The molecule has 1 aliphatic rings. The van der Waals surface area contributed by atoms with E-state index in [4.69, 9.17) is 13.8 Å². The van der Waals surface area contributed by atoms with E-state index >= 15 is 0 Å². The summed E-state index contributed by atoms with van der Waals surface area (Å²) in [4.78, 5) is 9.73. The lowest BCUT2D eigenvalue weighted by atomic mass is 9.94. The molecule has 2 N–H and O–H groups in total. The molecule has 0 spiro atoms. The van der Waals surface area contributed by atoms with E-state index in [9.17, 15) is 0 Å². The molecule has 0 saturated carbocycles. The van der Waals surface area contributed by atoms with Crippen molar-refractivity contribution in [1.29, 1.82) is 0 Å². The Hall–Kier alpha value is -5.98. The van der Waals surface area contributed by atoms with Gasteiger partial charge < -0.3 is 14.2 Å². The molecule has 3 aromatic heterocycles. The molecule has 0 fully saturated rings. The number of furan rings is 2. The van der Waals surface area contributed by atoms with Gasteiger partial charge in [0.25, 0.3) is 0 Å². The van der Waals surface area contributed by atoms with Gasteiger partial charge in [0.15, 0.2) is 5.58 Å². The number of aromatic nitrogens is 1. The van der Waals surface area contributed by atoms with E-state index in [-0.39, 0.29) is 12.3 Å². The minimum Gasteiger partial charge on any atom is -0.456 e. The smallest absolute Gasteiger partial charge is 0.153 e. The van der Waals surface area contributed by atoms with Crippen molar-refractivity contribution >= 4 is 71.3 Å². The van der Waals surface area contributed by atoms with Crippen LogP contribution >= 0.6 is 0 Å². The van der Waals surface area contributed by atoms with Crippen molar-refractivity contribution in [2.45, 2.75) is 12.3 Å². The third-order valence-corrected chi connectivity index (χ3v) is 9.26. The summed E-state index contributed by atoms with van der Waals surface area (Å²) in [5, 5.41) is 16.7. The van der Waals surface area contributed by atoms with Crippen molar-refractivity contribution in [1.82, 2.24) is 15.6 Å². The molecule has 6 aromatic carbocycles. The Labute approximate surface area is 263 Å². The molecule has 6 heteroatoms. The van der Waals surface area contributed by atoms with Crippen molar-refractivity contribution < 1.29 is 8.83 Å². The van der Waals surface area contributed by atoms with Gasteiger partial charge in [0.05, 0.1) is 6.20 Å². The Morgan fingerprint density at radius 2 is 1.24 bits per heavy atom. The second kappa shape index (κ2) is 9.76. The highest BCUT2D eigenvalue weighted by Gasteiger charge is 2.30. The van der Waals surface area contributed by atoms with Gasteiger partial charge in [-0.25, -0.2) is 4.99 Å². The van der Waals surface area contributed by atoms with Gasteiger partial charge in [0.2, 0.25) is 0 Å². The highest BCUT2D eigenvalue weighted by molar-refractivity contribution is 6.18. The van der Waals surface area contributed by atoms with Crippen LogP contribution in [0.5, 0.6) is 0 Å². The first-order chi connectivity index (χ1) is 22.8. The fraction of sp³-hybridized carbons (Fsp3) is 0.0500. The number of rotatable bonds is 3. The molecule has 1 aliphatic heterocycles. The van der Waals surface area contributed by atoms with Gasteiger partial charge >= 0.3 is 0 Å². The Balaban J connectivity index is 1.24. The lowest BCUT2D eigenvalue weighted by molar-refractivity contribution is 0.413. The molecule has 46 heavy (non-hydrogen) atoms. The van der Waals surface area contributed by atoms with Gasteiger partial charge in [0.1, 0.15) is 34.9 Å². The van der Waals surface area contributed by atoms with E-state index < -0.39 is 0 Å². The van der Waals surface area contributed by atoms with Crippen LogP contribution in [0.3, 0.4) is 0 Å². The number of fused-ring (bicyclic) bond motifs is 9. The zero-order valence-corrected chi connectivity index (χ0v) is 24.6. The topological polar surface area (TPSA) is 75.6 Å². The number of hydrogen-bond acceptors (Lipinski definition) is 6. The molecule has 218 valence electrons. The summed E-state index contributed by atoms with van der Waals surface area (Å²) in [5.74, 6) is 0.793. The second-order valence-electron chi connectivity index (χ2n) is 11.8. The lowest BCUT2D eigenvalue weighted by Crippen LogP contribution is -2.45. The first-order valence-electron chi connectivity index (χ1n) is 15.5. The number of hydrogen-bond donors (Lipinski definition) is 2. The van der Waals surface area contributed by atoms with Gasteiger partial charge in [-0.15, -0.1) is 0 Å². The highest BCUT2D eigenvalue weighted by Crippen LogP contribution is 2.39. The molecule has 0 radical (unpaired) electrons. The normalized spacial score (nSPS) is 16.9. The van der Waals surface area contributed by atoms with Gasteiger partial charge in [-0.2, -0.15) is 0 Å². The number of pyridine rings is 1. The Morgan fingerprint density at radius 3 is 2.15 bits per heavy atom. The molecule has 0 bridgehead atoms. The van der Waals surface area contributed by atoms with Crippen LogP contribution in [-0.4, -0.2) is 10.8 Å². The summed E-state index contributed by atoms with van der Waals surface area (Å²) in [7, 11) is 0. The fourth-order valence-electron chi connectivity index (χ4n) is 7.24.